The highest BCUT2D eigenvalue weighted by Crippen LogP contribution is 2.46. The van der Waals surface area contributed by atoms with Crippen LogP contribution in [-0.4, -0.2) is 0 Å². The molecule has 25 heavy (non-hydrogen) atoms. The van der Waals surface area contributed by atoms with Gasteiger partial charge in [0.2, 0.25) is 0 Å². The predicted molar refractivity (Wildman–Crippen MR) is 112 cm³/mol. The third-order valence-electron chi connectivity index (χ3n) is 6.48. The van der Waals surface area contributed by atoms with Gasteiger partial charge in [-0.25, -0.2) is 0 Å². The molecule has 0 amide bonds. The Hall–Kier alpha value is -0.780. The van der Waals surface area contributed by atoms with E-state index in [9.17, 15) is 0 Å². The minimum absolute atomic E-state index is 0.520. The second-order valence-corrected chi connectivity index (χ2v) is 8.47. The molecule has 1 aromatic carbocycles. The lowest BCUT2D eigenvalue weighted by Gasteiger charge is -2.31. The van der Waals surface area contributed by atoms with Crippen LogP contribution in [0.3, 0.4) is 0 Å². The number of hydrogen-bond donors (Lipinski definition) is 0. The molecule has 142 valence electrons. The molecule has 2 rings (SSSR count). The second-order valence-electron chi connectivity index (χ2n) is 8.47. The average Bonchev–Trinajstić information content (AvgIpc) is 3.00. The zero-order valence-corrected chi connectivity index (χ0v) is 17.1. The van der Waals surface area contributed by atoms with Gasteiger partial charge in [-0.15, -0.1) is 0 Å². The van der Waals surface area contributed by atoms with Crippen LogP contribution in [-0.2, 0) is 11.8 Å². The summed E-state index contributed by atoms with van der Waals surface area (Å²) in [7, 11) is 0. The van der Waals surface area contributed by atoms with Gasteiger partial charge in [-0.3, -0.25) is 0 Å². The van der Waals surface area contributed by atoms with Gasteiger partial charge in [0, 0.05) is 0 Å². The minimum Gasteiger partial charge on any atom is -0.0654 e. The van der Waals surface area contributed by atoms with E-state index in [-0.39, 0.29) is 0 Å². The van der Waals surface area contributed by atoms with Crippen molar-refractivity contribution in [2.45, 2.75) is 122 Å². The van der Waals surface area contributed by atoms with Crippen molar-refractivity contribution >= 4 is 0 Å². The largest absolute Gasteiger partial charge is 0.0654 e. The summed E-state index contributed by atoms with van der Waals surface area (Å²) in [5.41, 5.74) is 3.89. The van der Waals surface area contributed by atoms with Crippen LogP contribution in [0, 0.1) is 0 Å². The SMILES string of the molecule is CCCCCCCCC1(CCCCCCCC)CCc2ccccc21. The molecule has 0 radical (unpaired) electrons. The van der Waals surface area contributed by atoms with E-state index in [1.165, 1.54) is 103 Å². The van der Waals surface area contributed by atoms with E-state index in [4.69, 9.17) is 0 Å². The van der Waals surface area contributed by atoms with E-state index in [1.54, 1.807) is 11.1 Å². The Labute approximate surface area is 157 Å². The van der Waals surface area contributed by atoms with Gasteiger partial charge >= 0.3 is 0 Å². The highest BCUT2D eigenvalue weighted by Gasteiger charge is 2.37. The number of benzene rings is 1. The summed E-state index contributed by atoms with van der Waals surface area (Å²) in [5.74, 6) is 0. The van der Waals surface area contributed by atoms with Crippen molar-refractivity contribution < 1.29 is 0 Å². The fourth-order valence-corrected chi connectivity index (χ4v) is 4.90. The minimum atomic E-state index is 0.520. The molecule has 0 bridgehead atoms. The van der Waals surface area contributed by atoms with Crippen LogP contribution in [0.15, 0.2) is 24.3 Å². The number of hydrogen-bond acceptors (Lipinski definition) is 0. The van der Waals surface area contributed by atoms with E-state index in [0.29, 0.717) is 5.41 Å². The van der Waals surface area contributed by atoms with Gasteiger partial charge in [0.25, 0.3) is 0 Å². The van der Waals surface area contributed by atoms with Gasteiger partial charge in [-0.2, -0.15) is 0 Å². The zero-order valence-electron chi connectivity index (χ0n) is 17.1. The van der Waals surface area contributed by atoms with Crippen LogP contribution in [0.4, 0.5) is 0 Å². The quantitative estimate of drug-likeness (QED) is 0.298. The maximum atomic E-state index is 2.45. The molecule has 0 atom stereocenters. The number of aryl methyl sites for hydroxylation is 1. The van der Waals surface area contributed by atoms with E-state index < -0.39 is 0 Å². The van der Waals surface area contributed by atoms with Crippen molar-refractivity contribution in [2.24, 2.45) is 0 Å². The average molecular weight is 343 g/mol. The molecule has 0 nitrogen and oxygen atoms in total. The fourth-order valence-electron chi connectivity index (χ4n) is 4.90. The van der Waals surface area contributed by atoms with Gasteiger partial charge < -0.3 is 0 Å². The molecular formula is C25H42. The van der Waals surface area contributed by atoms with Crippen LogP contribution in [0.1, 0.15) is 121 Å². The monoisotopic (exact) mass is 342 g/mol. The molecule has 0 heterocycles. The molecule has 0 aromatic heterocycles. The highest BCUT2D eigenvalue weighted by molar-refractivity contribution is 5.39. The van der Waals surface area contributed by atoms with Crippen molar-refractivity contribution in [1.82, 2.24) is 0 Å². The first kappa shape index (κ1) is 20.5. The van der Waals surface area contributed by atoms with Gasteiger partial charge in [0.05, 0.1) is 0 Å². The third kappa shape index (κ3) is 6.46. The summed E-state index contributed by atoms with van der Waals surface area (Å²) >= 11 is 0. The van der Waals surface area contributed by atoms with Gasteiger partial charge in [0.1, 0.15) is 0 Å². The molecule has 0 aliphatic heterocycles. The van der Waals surface area contributed by atoms with E-state index in [1.807, 2.05) is 0 Å². The normalized spacial score (nSPS) is 15.4. The van der Waals surface area contributed by atoms with E-state index >= 15 is 0 Å². The molecule has 1 aliphatic carbocycles. The summed E-state index contributed by atoms with van der Waals surface area (Å²) in [5, 5.41) is 0. The Morgan fingerprint density at radius 1 is 0.680 bits per heavy atom. The lowest BCUT2D eigenvalue weighted by atomic mass is 9.73. The summed E-state index contributed by atoms with van der Waals surface area (Å²) in [6.07, 6.45) is 22.7. The topological polar surface area (TPSA) is 0 Å². The first-order chi connectivity index (χ1) is 12.3. The lowest BCUT2D eigenvalue weighted by molar-refractivity contribution is 0.331. The molecule has 0 saturated carbocycles. The predicted octanol–water partition coefficient (Wildman–Crippen LogP) is 8.37. The fraction of sp³-hybridized carbons (Fsp3) is 0.760. The van der Waals surface area contributed by atoms with Crippen molar-refractivity contribution in [3.63, 3.8) is 0 Å². The molecule has 0 spiro atoms. The molecule has 0 saturated heterocycles. The van der Waals surface area contributed by atoms with E-state index in [2.05, 4.69) is 38.1 Å². The molecule has 1 aromatic rings. The van der Waals surface area contributed by atoms with Crippen molar-refractivity contribution in [3.05, 3.63) is 35.4 Å². The van der Waals surface area contributed by atoms with Crippen LogP contribution in [0.2, 0.25) is 0 Å². The first-order valence-corrected chi connectivity index (χ1v) is 11.4. The Bertz CT molecular complexity index is 443. The third-order valence-corrected chi connectivity index (χ3v) is 6.48. The van der Waals surface area contributed by atoms with Crippen LogP contribution >= 0.6 is 0 Å². The smallest absolute Gasteiger partial charge is 0.00411 e. The number of fused-ring (bicyclic) bond motifs is 1. The molecule has 1 aliphatic rings. The second kappa shape index (κ2) is 11.8. The molecule has 0 heteroatoms. The van der Waals surface area contributed by atoms with Crippen LogP contribution < -0.4 is 0 Å². The van der Waals surface area contributed by atoms with Gasteiger partial charge in [-0.05, 0) is 42.2 Å². The Kier molecular flexibility index (Phi) is 9.66. The highest BCUT2D eigenvalue weighted by atomic mass is 14.4. The standard InChI is InChI=1S/C25H42/c1-3-5-7-9-11-15-20-25(21-16-12-10-8-6-4-2)22-19-23-17-13-14-18-24(23)25/h13-14,17-18H,3-12,15-16,19-22H2,1-2H3. The van der Waals surface area contributed by atoms with Gasteiger partial charge in [-0.1, -0.05) is 115 Å². The van der Waals surface area contributed by atoms with Crippen molar-refractivity contribution in [1.29, 1.82) is 0 Å². The maximum Gasteiger partial charge on any atom is -0.00411 e. The molecule has 0 unspecified atom stereocenters. The molecule has 0 N–H and O–H groups in total. The first-order valence-electron chi connectivity index (χ1n) is 11.4. The van der Waals surface area contributed by atoms with E-state index in [0.717, 1.165) is 0 Å². The summed E-state index contributed by atoms with van der Waals surface area (Å²) in [6.45, 7) is 4.62. The Morgan fingerprint density at radius 3 is 1.80 bits per heavy atom. The van der Waals surface area contributed by atoms with Crippen LogP contribution in [0.25, 0.3) is 0 Å². The van der Waals surface area contributed by atoms with Gasteiger partial charge in [0.15, 0.2) is 0 Å². The Balaban J connectivity index is 1.85. The number of rotatable bonds is 14. The number of unbranched alkanes of at least 4 members (excludes halogenated alkanes) is 10. The molecular weight excluding hydrogens is 300 g/mol. The van der Waals surface area contributed by atoms with Crippen molar-refractivity contribution in [3.8, 4) is 0 Å². The molecule has 0 fully saturated rings. The lowest BCUT2D eigenvalue weighted by Crippen LogP contribution is -2.23. The Morgan fingerprint density at radius 2 is 1.20 bits per heavy atom. The summed E-state index contributed by atoms with van der Waals surface area (Å²) in [6, 6.07) is 9.36. The maximum absolute atomic E-state index is 2.45. The van der Waals surface area contributed by atoms with Crippen molar-refractivity contribution in [2.75, 3.05) is 0 Å². The van der Waals surface area contributed by atoms with Crippen LogP contribution in [0.5, 0.6) is 0 Å². The summed E-state index contributed by atoms with van der Waals surface area (Å²) < 4.78 is 0. The zero-order chi connectivity index (χ0) is 17.8. The summed E-state index contributed by atoms with van der Waals surface area (Å²) in [4.78, 5) is 0.